The summed E-state index contributed by atoms with van der Waals surface area (Å²) in [5, 5.41) is 11.8. The summed E-state index contributed by atoms with van der Waals surface area (Å²) in [6.07, 6.45) is 3.39. The van der Waals surface area contributed by atoms with Crippen molar-refractivity contribution in [3.8, 4) is 28.6 Å². The van der Waals surface area contributed by atoms with Crippen molar-refractivity contribution in [2.75, 3.05) is 18.7 Å². The molecule has 0 atom stereocenters. The van der Waals surface area contributed by atoms with Crippen LogP contribution in [0.5, 0.6) is 11.5 Å². The zero-order valence-corrected chi connectivity index (χ0v) is 17.8. The number of ether oxygens (including phenoxy) is 2. The minimum Gasteiger partial charge on any atom is -0.460 e. The molecule has 0 aliphatic carbocycles. The number of nitrogens with zero attached hydrogens (tertiary/aromatic N) is 3. The van der Waals surface area contributed by atoms with E-state index >= 15 is 0 Å². The van der Waals surface area contributed by atoms with Crippen molar-refractivity contribution >= 4 is 17.8 Å². The number of aryl methyl sites for hydroxylation is 1. The van der Waals surface area contributed by atoms with Crippen LogP contribution in [0.1, 0.15) is 11.3 Å². The summed E-state index contributed by atoms with van der Waals surface area (Å²) in [6, 6.07) is 18.9. The number of anilines is 1. The zero-order chi connectivity index (χ0) is 22.6. The van der Waals surface area contributed by atoms with Gasteiger partial charge in [-0.05, 0) is 43.3 Å². The average Bonchev–Trinajstić information content (AvgIpc) is 3.57. The van der Waals surface area contributed by atoms with Crippen molar-refractivity contribution in [1.29, 1.82) is 0 Å². The third-order valence-corrected chi connectivity index (χ3v) is 4.96. The number of rotatable bonds is 7. The lowest BCUT2D eigenvalue weighted by Crippen LogP contribution is -2.25. The first-order valence-electron chi connectivity index (χ1n) is 10.3. The zero-order valence-electron chi connectivity index (χ0n) is 17.8. The monoisotopic (exact) mass is 443 g/mol. The Morgan fingerprint density at radius 1 is 1.12 bits per heavy atom. The van der Waals surface area contributed by atoms with Gasteiger partial charge in [0.05, 0.1) is 18.4 Å². The summed E-state index contributed by atoms with van der Waals surface area (Å²) in [5.41, 5.74) is 5.51. The number of hydrogen-bond acceptors (Lipinski definition) is 7. The molecule has 1 aliphatic rings. The Balaban J connectivity index is 1.27. The van der Waals surface area contributed by atoms with Crippen molar-refractivity contribution in [3.63, 3.8) is 0 Å². The first kappa shape index (κ1) is 20.4. The predicted octanol–water partition coefficient (Wildman–Crippen LogP) is 3.73. The fourth-order valence-electron chi connectivity index (χ4n) is 3.35. The molecule has 0 saturated heterocycles. The molecule has 2 aromatic heterocycles. The molecule has 166 valence electrons. The number of benzene rings is 2. The second-order valence-electron chi connectivity index (χ2n) is 7.34. The van der Waals surface area contributed by atoms with Gasteiger partial charge in [0.1, 0.15) is 11.5 Å². The third-order valence-electron chi connectivity index (χ3n) is 4.96. The number of amides is 1. The number of carbonyl (C=O) groups is 1. The van der Waals surface area contributed by atoms with Gasteiger partial charge in [-0.25, -0.2) is 10.1 Å². The minimum absolute atomic E-state index is 0.0461. The molecule has 0 radical (unpaired) electrons. The lowest BCUT2D eigenvalue weighted by molar-refractivity contribution is -0.119. The highest BCUT2D eigenvalue weighted by Crippen LogP contribution is 2.34. The molecule has 1 aliphatic heterocycles. The second-order valence-corrected chi connectivity index (χ2v) is 7.34. The van der Waals surface area contributed by atoms with E-state index in [2.05, 4.69) is 20.9 Å². The number of hydrogen-bond donors (Lipinski definition) is 2. The predicted molar refractivity (Wildman–Crippen MR) is 123 cm³/mol. The molecule has 33 heavy (non-hydrogen) atoms. The molecule has 5 rings (SSSR count). The Morgan fingerprint density at radius 3 is 2.79 bits per heavy atom. The van der Waals surface area contributed by atoms with Crippen LogP contribution in [0.4, 0.5) is 5.69 Å². The summed E-state index contributed by atoms with van der Waals surface area (Å²) in [4.78, 5) is 12.2. The molecule has 0 bridgehead atoms. The Bertz CT molecular complexity index is 1310. The molecule has 2 aromatic carbocycles. The van der Waals surface area contributed by atoms with Crippen molar-refractivity contribution in [1.82, 2.24) is 15.2 Å². The fraction of sp³-hybridized carbons (Fsp3) is 0.125. The SMILES string of the molecule is Cc1ccc(-c2nn(-c3ccccc3)cc2/C=N\NC(=O)CNc2ccc3c(c2)OCO3)o1. The molecular formula is C24H21N5O4. The first-order valence-corrected chi connectivity index (χ1v) is 10.3. The summed E-state index contributed by atoms with van der Waals surface area (Å²) in [5.74, 6) is 2.45. The first-order chi connectivity index (χ1) is 16.2. The van der Waals surface area contributed by atoms with Gasteiger partial charge in [-0.3, -0.25) is 4.79 Å². The van der Waals surface area contributed by atoms with E-state index in [-0.39, 0.29) is 19.2 Å². The molecule has 0 spiro atoms. The van der Waals surface area contributed by atoms with Gasteiger partial charge in [0.2, 0.25) is 6.79 Å². The molecule has 0 fully saturated rings. The normalized spacial score (nSPS) is 12.3. The Hall–Kier alpha value is -4.53. The molecule has 0 saturated carbocycles. The van der Waals surface area contributed by atoms with E-state index in [1.165, 1.54) is 0 Å². The lowest BCUT2D eigenvalue weighted by atomic mass is 10.2. The molecule has 9 nitrogen and oxygen atoms in total. The van der Waals surface area contributed by atoms with Gasteiger partial charge in [0.15, 0.2) is 17.3 Å². The van der Waals surface area contributed by atoms with Crippen LogP contribution in [0, 0.1) is 6.92 Å². The molecule has 4 aromatic rings. The van der Waals surface area contributed by atoms with Gasteiger partial charge >= 0.3 is 0 Å². The molecule has 1 amide bonds. The number of carbonyl (C=O) groups excluding carboxylic acids is 1. The van der Waals surface area contributed by atoms with Crippen LogP contribution in [0.15, 0.2) is 76.4 Å². The van der Waals surface area contributed by atoms with Crippen LogP contribution < -0.4 is 20.2 Å². The number of aromatic nitrogens is 2. The van der Waals surface area contributed by atoms with Gasteiger partial charge < -0.3 is 19.2 Å². The van der Waals surface area contributed by atoms with Crippen molar-refractivity contribution in [3.05, 3.63) is 78.2 Å². The van der Waals surface area contributed by atoms with E-state index < -0.39 is 0 Å². The molecule has 0 unspecified atom stereocenters. The maximum Gasteiger partial charge on any atom is 0.259 e. The van der Waals surface area contributed by atoms with Crippen LogP contribution in [-0.4, -0.2) is 35.2 Å². The van der Waals surface area contributed by atoms with Crippen LogP contribution in [0.3, 0.4) is 0 Å². The molecule has 2 N–H and O–H groups in total. The highest BCUT2D eigenvalue weighted by atomic mass is 16.7. The van der Waals surface area contributed by atoms with Crippen LogP contribution >= 0.6 is 0 Å². The van der Waals surface area contributed by atoms with E-state index in [4.69, 9.17) is 13.9 Å². The maximum absolute atomic E-state index is 12.2. The van der Waals surface area contributed by atoms with Gasteiger partial charge in [-0.1, -0.05) is 18.2 Å². The van der Waals surface area contributed by atoms with Crippen molar-refractivity contribution in [2.45, 2.75) is 6.92 Å². The van der Waals surface area contributed by atoms with E-state index in [0.29, 0.717) is 28.5 Å². The van der Waals surface area contributed by atoms with Crippen LogP contribution in [-0.2, 0) is 4.79 Å². The highest BCUT2D eigenvalue weighted by Gasteiger charge is 2.15. The summed E-state index contributed by atoms with van der Waals surface area (Å²) in [6.45, 7) is 2.12. The Morgan fingerprint density at radius 2 is 1.97 bits per heavy atom. The van der Waals surface area contributed by atoms with Crippen LogP contribution in [0.2, 0.25) is 0 Å². The summed E-state index contributed by atoms with van der Waals surface area (Å²) >= 11 is 0. The van der Waals surface area contributed by atoms with Crippen LogP contribution in [0.25, 0.3) is 17.1 Å². The smallest absolute Gasteiger partial charge is 0.259 e. The molecule has 3 heterocycles. The van der Waals surface area contributed by atoms with Crippen molar-refractivity contribution in [2.24, 2.45) is 5.10 Å². The van der Waals surface area contributed by atoms with E-state index in [1.807, 2.05) is 61.7 Å². The van der Waals surface area contributed by atoms with Gasteiger partial charge in [-0.2, -0.15) is 10.2 Å². The average molecular weight is 443 g/mol. The highest BCUT2D eigenvalue weighted by molar-refractivity contribution is 5.89. The topological polar surface area (TPSA) is 103 Å². The largest absolute Gasteiger partial charge is 0.460 e. The van der Waals surface area contributed by atoms with Crippen molar-refractivity contribution < 1.29 is 18.7 Å². The van der Waals surface area contributed by atoms with Gasteiger partial charge in [0.25, 0.3) is 5.91 Å². The van der Waals surface area contributed by atoms with E-state index in [0.717, 1.165) is 17.1 Å². The Kier molecular flexibility index (Phi) is 5.50. The summed E-state index contributed by atoms with van der Waals surface area (Å²) in [7, 11) is 0. The lowest BCUT2D eigenvalue weighted by Gasteiger charge is -2.06. The third kappa shape index (κ3) is 4.57. The van der Waals surface area contributed by atoms with Gasteiger partial charge in [0, 0.05) is 23.5 Å². The number of hydrazone groups is 1. The number of furan rings is 1. The number of para-hydroxylation sites is 1. The maximum atomic E-state index is 12.2. The fourth-order valence-corrected chi connectivity index (χ4v) is 3.35. The molecule has 9 heteroatoms. The Labute approximate surface area is 189 Å². The van der Waals surface area contributed by atoms with Gasteiger partial charge in [-0.15, -0.1) is 0 Å². The summed E-state index contributed by atoms with van der Waals surface area (Å²) < 4.78 is 18.1. The quantitative estimate of drug-likeness (QED) is 0.333. The van der Waals surface area contributed by atoms with E-state index in [1.54, 1.807) is 23.0 Å². The standard InChI is InChI=1S/C24H21N5O4/c1-16-7-9-21(33-16)24-17(14-29(28-24)19-5-3-2-4-6-19)12-26-27-23(30)13-25-18-8-10-20-22(11-18)32-15-31-20/h2-12,14,25H,13,15H2,1H3,(H,27,30)/b26-12-. The molecular weight excluding hydrogens is 422 g/mol. The minimum atomic E-state index is -0.297. The second kappa shape index (κ2) is 8.91. The number of fused-ring (bicyclic) bond motifs is 1. The van der Waals surface area contributed by atoms with E-state index in [9.17, 15) is 4.79 Å². The number of nitrogens with one attached hydrogen (secondary N) is 2.